The summed E-state index contributed by atoms with van der Waals surface area (Å²) in [6, 6.07) is 8.73. The first-order valence-corrected chi connectivity index (χ1v) is 10.7. The van der Waals surface area contributed by atoms with E-state index in [0.717, 1.165) is 24.5 Å². The molecule has 7 heteroatoms. The average molecular weight is 444 g/mol. The molecule has 2 atom stereocenters. The van der Waals surface area contributed by atoms with Gasteiger partial charge in [0.15, 0.2) is 0 Å². The van der Waals surface area contributed by atoms with Gasteiger partial charge in [0, 0.05) is 36.1 Å². The zero-order valence-corrected chi connectivity index (χ0v) is 18.7. The first-order chi connectivity index (χ1) is 15.0. The van der Waals surface area contributed by atoms with Crippen LogP contribution in [0.1, 0.15) is 48.8 Å². The Morgan fingerprint density at radius 3 is 2.41 bits per heavy atom. The van der Waals surface area contributed by atoms with Crippen LogP contribution in [0, 0.1) is 11.3 Å². The maximum atomic E-state index is 14.6. The molecule has 0 fully saturated rings. The Morgan fingerprint density at radius 2 is 1.81 bits per heavy atom. The number of ether oxygens (including phenoxy) is 1. The van der Waals surface area contributed by atoms with Crippen molar-refractivity contribution < 1.29 is 22.7 Å². The average Bonchev–Trinajstić information content (AvgIpc) is 3.07. The molecule has 2 unspecified atom stereocenters. The number of pyridine rings is 1. The normalized spacial score (nSPS) is 18.9. The van der Waals surface area contributed by atoms with Gasteiger partial charge in [0.1, 0.15) is 0 Å². The number of rotatable bonds is 3. The Hall–Kier alpha value is -2.67. The van der Waals surface area contributed by atoms with E-state index in [1.54, 1.807) is 18.3 Å². The lowest BCUT2D eigenvalue weighted by atomic mass is 9.71. The molecule has 1 aliphatic carbocycles. The highest BCUT2D eigenvalue weighted by Gasteiger charge is 2.63. The molecule has 0 saturated carbocycles. The van der Waals surface area contributed by atoms with Crippen LogP contribution in [-0.4, -0.2) is 28.7 Å². The molecule has 4 nitrogen and oxygen atoms in total. The summed E-state index contributed by atoms with van der Waals surface area (Å²) in [5.41, 5.74) is -1.34. The highest BCUT2D eigenvalue weighted by molar-refractivity contribution is 6.00. The van der Waals surface area contributed by atoms with Gasteiger partial charge in [0.25, 0.3) is 11.5 Å². The smallest absolute Gasteiger partial charge is 0.356 e. The lowest BCUT2D eigenvalue weighted by Gasteiger charge is -2.36. The van der Waals surface area contributed by atoms with Crippen molar-refractivity contribution in [3.05, 3.63) is 65.6 Å². The van der Waals surface area contributed by atoms with Crippen molar-refractivity contribution in [3.63, 3.8) is 0 Å². The second kappa shape index (κ2) is 7.73. The second-order valence-corrected chi connectivity index (χ2v) is 9.51. The lowest BCUT2D eigenvalue weighted by Crippen LogP contribution is -2.53. The topological polar surface area (TPSA) is 44.1 Å². The van der Waals surface area contributed by atoms with Crippen molar-refractivity contribution in [3.8, 4) is 0 Å². The summed E-state index contributed by atoms with van der Waals surface area (Å²) >= 11 is 0. The molecule has 1 aromatic carbocycles. The van der Waals surface area contributed by atoms with Gasteiger partial charge in [0.2, 0.25) is 0 Å². The van der Waals surface area contributed by atoms with Crippen LogP contribution in [0.4, 0.5) is 13.2 Å². The fraction of sp³-hybridized carbons (Fsp3) is 0.440. The molecule has 0 radical (unpaired) electrons. The zero-order valence-electron chi connectivity index (χ0n) is 18.7. The third kappa shape index (κ3) is 3.34. The number of alkyl halides is 3. The number of halogens is 3. The molecular formula is C25H27F3N2O2. The summed E-state index contributed by atoms with van der Waals surface area (Å²) < 4.78 is 50.1. The van der Waals surface area contributed by atoms with Crippen molar-refractivity contribution in [1.29, 1.82) is 0 Å². The van der Waals surface area contributed by atoms with E-state index in [1.807, 2.05) is 0 Å². The highest BCUT2D eigenvalue weighted by Crippen LogP contribution is 2.46. The molecule has 170 valence electrons. The van der Waals surface area contributed by atoms with Crippen molar-refractivity contribution in [2.24, 2.45) is 11.3 Å². The van der Waals surface area contributed by atoms with E-state index < -0.39 is 17.7 Å². The largest absolute Gasteiger partial charge is 0.431 e. The van der Waals surface area contributed by atoms with Crippen molar-refractivity contribution >= 4 is 16.8 Å². The Bertz CT molecular complexity index is 1150. The third-order valence-corrected chi connectivity index (χ3v) is 6.78. The number of hydrogen-bond donors (Lipinski definition) is 0. The summed E-state index contributed by atoms with van der Waals surface area (Å²) in [4.78, 5) is 18.1. The molecule has 2 heterocycles. The summed E-state index contributed by atoms with van der Waals surface area (Å²) in [6.45, 7) is 6.50. The first-order valence-electron chi connectivity index (χ1n) is 10.7. The molecule has 1 aliphatic rings. The maximum absolute atomic E-state index is 14.6. The second-order valence-electron chi connectivity index (χ2n) is 9.51. The number of methoxy groups -OCH3 is 1. The molecular weight excluding hydrogens is 417 g/mol. The number of fused-ring (bicyclic) bond motifs is 3. The summed E-state index contributed by atoms with van der Waals surface area (Å²) in [5, 5.41) is 0.727. The molecule has 0 N–H and O–H groups in total. The highest BCUT2D eigenvalue weighted by atomic mass is 19.4. The number of benzene rings is 1. The predicted octanol–water partition coefficient (Wildman–Crippen LogP) is 5.93. The molecule has 0 aliphatic heterocycles. The minimum absolute atomic E-state index is 0.0463. The summed E-state index contributed by atoms with van der Waals surface area (Å²) in [5.74, 6) is -0.793. The molecule has 0 amide bonds. The molecule has 0 bridgehead atoms. The molecule has 32 heavy (non-hydrogen) atoms. The molecule has 0 spiro atoms. The first kappa shape index (κ1) is 22.5. The van der Waals surface area contributed by atoms with Gasteiger partial charge in [0.05, 0.1) is 5.52 Å². The van der Waals surface area contributed by atoms with E-state index in [9.17, 15) is 18.0 Å². The van der Waals surface area contributed by atoms with Crippen LogP contribution < -0.4 is 0 Å². The van der Waals surface area contributed by atoms with Crippen LogP contribution in [0.15, 0.2) is 48.8 Å². The van der Waals surface area contributed by atoms with Crippen LogP contribution in [0.25, 0.3) is 10.9 Å². The van der Waals surface area contributed by atoms with Gasteiger partial charge in [-0.15, -0.1) is 0 Å². The van der Waals surface area contributed by atoms with Crippen LogP contribution in [-0.2, 0) is 23.2 Å². The Balaban J connectivity index is 1.97. The van der Waals surface area contributed by atoms with Crippen LogP contribution >= 0.6 is 0 Å². The molecule has 2 aromatic heterocycles. The van der Waals surface area contributed by atoms with E-state index >= 15 is 0 Å². The van der Waals surface area contributed by atoms with Gasteiger partial charge in [-0.25, -0.2) is 0 Å². The van der Waals surface area contributed by atoms with Gasteiger partial charge < -0.3 is 4.74 Å². The van der Waals surface area contributed by atoms with Gasteiger partial charge in [-0.05, 0) is 42.2 Å². The Morgan fingerprint density at radius 1 is 1.12 bits per heavy atom. The predicted molar refractivity (Wildman–Crippen MR) is 117 cm³/mol. The fourth-order valence-corrected chi connectivity index (χ4v) is 4.93. The van der Waals surface area contributed by atoms with E-state index in [-0.39, 0.29) is 11.0 Å². The maximum Gasteiger partial charge on any atom is 0.431 e. The number of carbonyl (C=O) groups excluding carboxylic acids is 1. The number of hydrogen-bond acceptors (Lipinski definition) is 3. The third-order valence-electron chi connectivity index (χ3n) is 6.78. The summed E-state index contributed by atoms with van der Waals surface area (Å²) in [6.07, 6.45) is 0.198. The van der Waals surface area contributed by atoms with Gasteiger partial charge in [-0.2, -0.15) is 13.2 Å². The minimum Gasteiger partial charge on any atom is -0.356 e. The van der Waals surface area contributed by atoms with Crippen molar-refractivity contribution in [2.75, 3.05) is 7.11 Å². The quantitative estimate of drug-likeness (QED) is 0.503. The van der Waals surface area contributed by atoms with Crippen molar-refractivity contribution in [2.45, 2.75) is 51.8 Å². The van der Waals surface area contributed by atoms with Crippen molar-refractivity contribution in [1.82, 2.24) is 9.55 Å². The van der Waals surface area contributed by atoms with E-state index in [0.29, 0.717) is 30.0 Å². The van der Waals surface area contributed by atoms with Gasteiger partial charge >= 0.3 is 6.18 Å². The van der Waals surface area contributed by atoms with Gasteiger partial charge in [-0.1, -0.05) is 51.1 Å². The monoisotopic (exact) mass is 444 g/mol. The SMILES string of the molecule is COC(C(=O)n1c2c(c3cnccc31)CC(C(C)(C)C)CC2)(c1ccccc1)C(F)(F)F. The molecule has 3 aromatic rings. The van der Waals surface area contributed by atoms with Gasteiger partial charge in [-0.3, -0.25) is 14.3 Å². The lowest BCUT2D eigenvalue weighted by molar-refractivity contribution is -0.253. The Kier molecular flexibility index (Phi) is 5.44. The van der Waals surface area contributed by atoms with Crippen LogP contribution in [0.5, 0.6) is 0 Å². The van der Waals surface area contributed by atoms with E-state index in [4.69, 9.17) is 4.74 Å². The fourth-order valence-electron chi connectivity index (χ4n) is 4.93. The Labute approximate surface area is 185 Å². The number of nitrogens with zero attached hydrogens (tertiary/aromatic N) is 2. The molecule has 0 saturated heterocycles. The number of carbonyl (C=O) groups is 1. The van der Waals surface area contributed by atoms with E-state index in [1.165, 1.54) is 35.0 Å². The van der Waals surface area contributed by atoms with Crippen LogP contribution in [0.3, 0.4) is 0 Å². The molecule has 4 rings (SSSR count). The van der Waals surface area contributed by atoms with E-state index in [2.05, 4.69) is 25.8 Å². The number of aromatic nitrogens is 2. The minimum atomic E-state index is -4.96. The summed E-state index contributed by atoms with van der Waals surface area (Å²) in [7, 11) is 0.938. The standard InChI is InChI=1S/C25H27F3N2O2/c1-23(2,3)17-10-11-20-18(14-17)19-15-29-13-12-21(19)30(20)22(31)24(32-4,25(26,27)28)16-8-6-5-7-9-16/h5-9,12-13,15,17H,10-11,14H2,1-4H3. The zero-order chi connectivity index (χ0) is 23.3. The van der Waals surface area contributed by atoms with Crippen LogP contribution in [0.2, 0.25) is 0 Å².